The van der Waals surface area contributed by atoms with Crippen LogP contribution in [0.2, 0.25) is 5.02 Å². The predicted molar refractivity (Wildman–Crippen MR) is 150 cm³/mol. The summed E-state index contributed by atoms with van der Waals surface area (Å²) in [6.07, 6.45) is 0. The van der Waals surface area contributed by atoms with Crippen molar-refractivity contribution in [3.05, 3.63) is 124 Å². The monoisotopic (exact) mass is 633 g/mol. The molecule has 0 N–H and O–H groups in total. The van der Waals surface area contributed by atoms with Crippen LogP contribution < -0.4 is 9.64 Å². The maximum Gasteiger partial charge on any atom is 0.239 e. The molecule has 182 valence electrons. The zero-order valence-electron chi connectivity index (χ0n) is 19.2. The third kappa shape index (κ3) is 3.01. The van der Waals surface area contributed by atoms with Crippen LogP contribution in [0.1, 0.15) is 22.3 Å². The Morgan fingerprint density at radius 1 is 0.622 bits per heavy atom. The number of halogens is 3. The van der Waals surface area contributed by atoms with Gasteiger partial charge in [0.1, 0.15) is 11.5 Å². The lowest BCUT2D eigenvalue weighted by Gasteiger charge is -2.55. The number of anilines is 1. The molecule has 7 heteroatoms. The molecule has 1 aliphatic heterocycles. The van der Waals surface area contributed by atoms with Crippen molar-refractivity contribution < 1.29 is 14.3 Å². The number of hydrogen-bond donors (Lipinski definition) is 0. The van der Waals surface area contributed by atoms with Gasteiger partial charge in [0, 0.05) is 5.02 Å². The summed E-state index contributed by atoms with van der Waals surface area (Å²) >= 11 is 14.0. The fourth-order valence-electron chi connectivity index (χ4n) is 6.22. The van der Waals surface area contributed by atoms with Gasteiger partial charge in [-0.25, -0.2) is 4.90 Å². The first-order valence-corrected chi connectivity index (χ1v) is 13.8. The van der Waals surface area contributed by atoms with Gasteiger partial charge in [0.15, 0.2) is 0 Å². The van der Waals surface area contributed by atoms with Crippen LogP contribution in [-0.2, 0) is 18.2 Å². The van der Waals surface area contributed by atoms with E-state index in [1.807, 2.05) is 24.3 Å². The number of hydrogen-bond acceptors (Lipinski definition) is 3. The Balaban J connectivity index is 1.31. The first-order valence-electron chi connectivity index (χ1n) is 11.8. The van der Waals surface area contributed by atoms with E-state index in [2.05, 4.69) is 56.1 Å². The molecule has 2 unspecified atom stereocenters. The standard InChI is InChI=1S/C30H18Br2ClNO3/c31-29-21-5-1-2-6-22(21)30(32,24-8-4-3-7-23(24)29)26-25(29)27(35)34(28(26)36)18-11-15-20(16-12-18)37-19-13-9-17(33)10-14-19/h1-16,25-26H. The molecule has 0 spiro atoms. The van der Waals surface area contributed by atoms with Gasteiger partial charge in [-0.2, -0.15) is 0 Å². The summed E-state index contributed by atoms with van der Waals surface area (Å²) in [7, 11) is 0. The molecule has 2 bridgehead atoms. The van der Waals surface area contributed by atoms with Gasteiger partial charge in [-0.05, 0) is 70.8 Å². The summed E-state index contributed by atoms with van der Waals surface area (Å²) in [4.78, 5) is 29.6. The first kappa shape index (κ1) is 23.2. The third-order valence-electron chi connectivity index (χ3n) is 7.73. The number of ether oxygens (including phenoxy) is 1. The van der Waals surface area contributed by atoms with E-state index in [4.69, 9.17) is 16.3 Å². The number of rotatable bonds is 3. The fraction of sp³-hybridized carbons (Fsp3) is 0.133. The Labute approximate surface area is 235 Å². The summed E-state index contributed by atoms with van der Waals surface area (Å²) in [5.41, 5.74) is 4.58. The molecule has 4 aromatic carbocycles. The van der Waals surface area contributed by atoms with Gasteiger partial charge in [-0.1, -0.05) is 92.0 Å². The average molecular weight is 636 g/mol. The normalized spacial score (nSPS) is 27.1. The number of imide groups is 1. The van der Waals surface area contributed by atoms with E-state index in [0.717, 1.165) is 22.3 Å². The van der Waals surface area contributed by atoms with Crippen molar-refractivity contribution in [3.8, 4) is 11.5 Å². The molecule has 0 saturated carbocycles. The van der Waals surface area contributed by atoms with Crippen LogP contribution in [-0.4, -0.2) is 11.8 Å². The highest BCUT2D eigenvalue weighted by atomic mass is 79.9. The molecule has 3 aliphatic carbocycles. The van der Waals surface area contributed by atoms with Crippen LogP contribution in [0.4, 0.5) is 5.69 Å². The lowest BCUT2D eigenvalue weighted by atomic mass is 9.54. The van der Waals surface area contributed by atoms with Crippen LogP contribution in [0.25, 0.3) is 0 Å². The molecule has 0 radical (unpaired) electrons. The third-order valence-corrected chi connectivity index (χ3v) is 10.7. The molecule has 1 saturated heterocycles. The summed E-state index contributed by atoms with van der Waals surface area (Å²) < 4.78 is 4.29. The molecule has 4 aliphatic rings. The Morgan fingerprint density at radius 2 is 1.00 bits per heavy atom. The number of carbonyl (C=O) groups is 2. The van der Waals surface area contributed by atoms with Crippen molar-refractivity contribution in [1.82, 2.24) is 0 Å². The Hall–Kier alpha value is -2.93. The summed E-state index contributed by atoms with van der Waals surface area (Å²) in [5, 5.41) is 0.627. The molecule has 2 atom stereocenters. The SMILES string of the molecule is O=C1C2C(C(=O)N1c1ccc(Oc3ccc(Cl)cc3)cc1)C1(Br)c3ccccc3C2(Br)c2ccccc21. The number of nitrogens with zero attached hydrogens (tertiary/aromatic N) is 1. The molecule has 1 fully saturated rings. The molecular formula is C30H18Br2ClNO3. The van der Waals surface area contributed by atoms with Gasteiger partial charge < -0.3 is 4.74 Å². The van der Waals surface area contributed by atoms with Crippen molar-refractivity contribution in [3.63, 3.8) is 0 Å². The van der Waals surface area contributed by atoms with Crippen LogP contribution >= 0.6 is 43.5 Å². The van der Waals surface area contributed by atoms with Crippen molar-refractivity contribution in [2.75, 3.05) is 4.90 Å². The van der Waals surface area contributed by atoms with Gasteiger partial charge in [-0.3, -0.25) is 9.59 Å². The van der Waals surface area contributed by atoms with E-state index in [1.54, 1.807) is 48.5 Å². The number of benzene rings is 4. The number of amides is 2. The van der Waals surface area contributed by atoms with Crippen LogP contribution in [0.3, 0.4) is 0 Å². The van der Waals surface area contributed by atoms with Crippen molar-refractivity contribution in [1.29, 1.82) is 0 Å². The number of carbonyl (C=O) groups excluding carboxylic acids is 2. The second-order valence-electron chi connectivity index (χ2n) is 9.53. The van der Waals surface area contributed by atoms with E-state index >= 15 is 0 Å². The minimum atomic E-state index is -0.806. The lowest BCUT2D eigenvalue weighted by Crippen LogP contribution is -2.56. The minimum absolute atomic E-state index is 0.217. The second kappa shape index (κ2) is 8.03. The summed E-state index contributed by atoms with van der Waals surface area (Å²) in [5.74, 6) is -0.400. The largest absolute Gasteiger partial charge is 0.457 e. The molecule has 37 heavy (non-hydrogen) atoms. The average Bonchev–Trinajstić information content (AvgIpc) is 3.20. The Morgan fingerprint density at radius 3 is 1.41 bits per heavy atom. The molecule has 4 aromatic rings. The minimum Gasteiger partial charge on any atom is -0.457 e. The molecule has 2 amide bonds. The van der Waals surface area contributed by atoms with Crippen LogP contribution in [0.5, 0.6) is 11.5 Å². The highest BCUT2D eigenvalue weighted by Crippen LogP contribution is 2.70. The van der Waals surface area contributed by atoms with E-state index < -0.39 is 20.5 Å². The first-order chi connectivity index (χ1) is 17.8. The zero-order valence-corrected chi connectivity index (χ0v) is 23.1. The second-order valence-corrected chi connectivity index (χ2v) is 12.5. The lowest BCUT2D eigenvalue weighted by molar-refractivity contribution is -0.122. The maximum atomic E-state index is 14.1. The molecule has 4 nitrogen and oxygen atoms in total. The van der Waals surface area contributed by atoms with Crippen LogP contribution in [0.15, 0.2) is 97.1 Å². The highest BCUT2D eigenvalue weighted by molar-refractivity contribution is 9.10. The maximum absolute atomic E-state index is 14.1. The van der Waals surface area contributed by atoms with Crippen molar-refractivity contribution in [2.24, 2.45) is 11.8 Å². The van der Waals surface area contributed by atoms with E-state index in [9.17, 15) is 9.59 Å². The summed E-state index contributed by atoms with van der Waals surface area (Å²) in [6.45, 7) is 0. The quantitative estimate of drug-likeness (QED) is 0.173. The van der Waals surface area contributed by atoms with E-state index in [-0.39, 0.29) is 11.8 Å². The Kier molecular flexibility index (Phi) is 5.04. The topological polar surface area (TPSA) is 46.6 Å². The predicted octanol–water partition coefficient (Wildman–Crippen LogP) is 7.54. The van der Waals surface area contributed by atoms with Gasteiger partial charge in [0.25, 0.3) is 0 Å². The zero-order chi connectivity index (χ0) is 25.5. The summed E-state index contributed by atoms with van der Waals surface area (Å²) in [6, 6.07) is 30.2. The smallest absolute Gasteiger partial charge is 0.239 e. The molecule has 1 heterocycles. The molecule has 0 aromatic heterocycles. The van der Waals surface area contributed by atoms with Crippen LogP contribution in [0, 0.1) is 11.8 Å². The number of alkyl halides is 2. The van der Waals surface area contributed by atoms with E-state index in [0.29, 0.717) is 22.2 Å². The van der Waals surface area contributed by atoms with Gasteiger partial charge in [0.2, 0.25) is 11.8 Å². The fourth-order valence-corrected chi connectivity index (χ4v) is 8.65. The van der Waals surface area contributed by atoms with Crippen molar-refractivity contribution in [2.45, 2.75) is 8.65 Å². The van der Waals surface area contributed by atoms with Gasteiger partial charge in [0.05, 0.1) is 26.2 Å². The van der Waals surface area contributed by atoms with Crippen molar-refractivity contribution >= 4 is 61.0 Å². The van der Waals surface area contributed by atoms with E-state index in [1.165, 1.54) is 4.90 Å². The molecular weight excluding hydrogens is 618 g/mol. The van der Waals surface area contributed by atoms with Gasteiger partial charge in [-0.15, -0.1) is 0 Å². The van der Waals surface area contributed by atoms with Gasteiger partial charge >= 0.3 is 0 Å². The highest BCUT2D eigenvalue weighted by Gasteiger charge is 2.72. The Bertz CT molecular complexity index is 1480. The molecule has 8 rings (SSSR count).